The van der Waals surface area contributed by atoms with Gasteiger partial charge in [0.15, 0.2) is 0 Å². The minimum Gasteiger partial charge on any atom is -0.507 e. The number of phenols is 1. The Bertz CT molecular complexity index is 534. The number of aromatic hydroxyl groups is 1. The number of hydrogen-bond donors (Lipinski definition) is 1. The first-order valence-electron chi connectivity index (χ1n) is 10.7. The van der Waals surface area contributed by atoms with Crippen molar-refractivity contribution in [1.82, 2.24) is 0 Å². The van der Waals surface area contributed by atoms with Gasteiger partial charge in [0, 0.05) is 5.56 Å². The molecule has 1 heteroatoms. The summed E-state index contributed by atoms with van der Waals surface area (Å²) in [7, 11) is 0. The Kier molecular flexibility index (Phi) is 9.03. The number of benzene rings is 1. The van der Waals surface area contributed by atoms with Crippen molar-refractivity contribution in [2.45, 2.75) is 118 Å². The summed E-state index contributed by atoms with van der Waals surface area (Å²) >= 11 is 0. The van der Waals surface area contributed by atoms with Crippen molar-refractivity contribution < 1.29 is 5.11 Å². The van der Waals surface area contributed by atoms with Gasteiger partial charge in [0.05, 0.1) is 0 Å². The predicted molar refractivity (Wildman–Crippen MR) is 112 cm³/mol. The Hall–Kier alpha value is -0.980. The molecule has 1 nitrogen and oxygen atoms in total. The maximum Gasteiger partial charge on any atom is 0.123 e. The van der Waals surface area contributed by atoms with Crippen LogP contribution < -0.4 is 0 Å². The standard InChI is InChI=1S/C24H42O/c1-8-12-15-19-18(11-4)20(16-13-9-2)22(24(5,6)7)23(25)21(19)17-14-10-3/h25H,8-17H2,1-7H3. The van der Waals surface area contributed by atoms with Gasteiger partial charge in [0.1, 0.15) is 5.75 Å². The van der Waals surface area contributed by atoms with Crippen LogP contribution in [0.3, 0.4) is 0 Å². The van der Waals surface area contributed by atoms with Gasteiger partial charge in [0.25, 0.3) is 0 Å². The average molecular weight is 347 g/mol. The molecule has 0 heterocycles. The van der Waals surface area contributed by atoms with Gasteiger partial charge >= 0.3 is 0 Å². The van der Waals surface area contributed by atoms with Crippen molar-refractivity contribution >= 4 is 0 Å². The second-order valence-electron chi connectivity index (χ2n) is 8.55. The van der Waals surface area contributed by atoms with Crippen molar-refractivity contribution in [2.24, 2.45) is 0 Å². The van der Waals surface area contributed by atoms with Crippen LogP contribution in [0.4, 0.5) is 0 Å². The lowest BCUT2D eigenvalue weighted by atomic mass is 9.75. The van der Waals surface area contributed by atoms with E-state index in [1.54, 1.807) is 5.56 Å². The molecular formula is C24H42O. The van der Waals surface area contributed by atoms with E-state index in [1.165, 1.54) is 54.4 Å². The predicted octanol–water partition coefficient (Wildman–Crippen LogP) is 7.28. The molecule has 0 bridgehead atoms. The van der Waals surface area contributed by atoms with Crippen LogP contribution in [0.5, 0.6) is 5.75 Å². The molecule has 0 unspecified atom stereocenters. The molecule has 1 aromatic rings. The second kappa shape index (κ2) is 10.2. The summed E-state index contributed by atoms with van der Waals surface area (Å²) < 4.78 is 0. The van der Waals surface area contributed by atoms with Crippen molar-refractivity contribution in [1.29, 1.82) is 0 Å². The van der Waals surface area contributed by atoms with Crippen LogP contribution in [0.15, 0.2) is 0 Å². The quantitative estimate of drug-likeness (QED) is 0.472. The van der Waals surface area contributed by atoms with E-state index in [2.05, 4.69) is 48.5 Å². The first-order valence-corrected chi connectivity index (χ1v) is 10.7. The van der Waals surface area contributed by atoms with Crippen LogP contribution in [-0.4, -0.2) is 5.11 Å². The third-order valence-corrected chi connectivity index (χ3v) is 5.36. The fourth-order valence-electron chi connectivity index (χ4n) is 4.09. The molecule has 0 amide bonds. The van der Waals surface area contributed by atoms with E-state index >= 15 is 0 Å². The summed E-state index contributed by atoms with van der Waals surface area (Å²) in [6.45, 7) is 15.8. The topological polar surface area (TPSA) is 20.2 Å². The summed E-state index contributed by atoms with van der Waals surface area (Å²) in [5.74, 6) is 0.621. The van der Waals surface area contributed by atoms with Gasteiger partial charge in [-0.15, -0.1) is 0 Å². The van der Waals surface area contributed by atoms with Crippen LogP contribution in [0.25, 0.3) is 0 Å². The van der Waals surface area contributed by atoms with E-state index in [4.69, 9.17) is 0 Å². The third kappa shape index (κ3) is 5.50. The minimum atomic E-state index is -0.0126. The van der Waals surface area contributed by atoms with Crippen LogP contribution >= 0.6 is 0 Å². The van der Waals surface area contributed by atoms with Crippen molar-refractivity contribution in [3.05, 3.63) is 27.8 Å². The molecule has 0 aliphatic heterocycles. The van der Waals surface area contributed by atoms with Crippen molar-refractivity contribution in [3.63, 3.8) is 0 Å². The van der Waals surface area contributed by atoms with E-state index in [1.807, 2.05) is 0 Å². The molecule has 0 radical (unpaired) electrons. The van der Waals surface area contributed by atoms with Crippen molar-refractivity contribution in [2.75, 3.05) is 0 Å². The Morgan fingerprint density at radius 3 is 1.48 bits per heavy atom. The Morgan fingerprint density at radius 1 is 0.640 bits per heavy atom. The van der Waals surface area contributed by atoms with Gasteiger partial charge in [-0.25, -0.2) is 0 Å². The maximum absolute atomic E-state index is 11.3. The molecule has 0 aliphatic rings. The Labute approximate surface area is 157 Å². The molecule has 0 aliphatic carbocycles. The van der Waals surface area contributed by atoms with Gasteiger partial charge in [-0.2, -0.15) is 0 Å². The molecule has 1 rings (SSSR count). The van der Waals surface area contributed by atoms with Gasteiger partial charge in [-0.1, -0.05) is 67.7 Å². The molecule has 0 aromatic heterocycles. The van der Waals surface area contributed by atoms with Gasteiger partial charge in [0.2, 0.25) is 0 Å². The lowest BCUT2D eigenvalue weighted by Crippen LogP contribution is -2.19. The smallest absolute Gasteiger partial charge is 0.123 e. The molecular weight excluding hydrogens is 304 g/mol. The van der Waals surface area contributed by atoms with E-state index in [-0.39, 0.29) is 5.41 Å². The Morgan fingerprint density at radius 2 is 1.08 bits per heavy atom. The molecule has 0 saturated carbocycles. The number of hydrogen-bond acceptors (Lipinski definition) is 1. The maximum atomic E-state index is 11.3. The van der Waals surface area contributed by atoms with E-state index in [9.17, 15) is 5.11 Å². The van der Waals surface area contributed by atoms with Crippen molar-refractivity contribution in [3.8, 4) is 5.75 Å². The highest BCUT2D eigenvalue weighted by Gasteiger charge is 2.28. The lowest BCUT2D eigenvalue weighted by molar-refractivity contribution is 0.434. The van der Waals surface area contributed by atoms with Gasteiger partial charge < -0.3 is 5.11 Å². The largest absolute Gasteiger partial charge is 0.507 e. The number of phenolic OH excluding ortho intramolecular Hbond substituents is 1. The summed E-state index contributed by atoms with van der Waals surface area (Å²) in [6, 6.07) is 0. The SMILES string of the molecule is CCCCc1c(O)c(C(C)(C)C)c(CCCC)c(CC)c1CCCC. The van der Waals surface area contributed by atoms with E-state index in [0.29, 0.717) is 5.75 Å². The molecule has 0 fully saturated rings. The molecule has 0 spiro atoms. The average Bonchev–Trinajstić information content (AvgIpc) is 2.55. The number of rotatable bonds is 10. The molecule has 1 N–H and O–H groups in total. The van der Waals surface area contributed by atoms with Gasteiger partial charge in [-0.3, -0.25) is 0 Å². The van der Waals surface area contributed by atoms with Crippen LogP contribution in [0.1, 0.15) is 115 Å². The molecule has 1 aromatic carbocycles. The number of unbranched alkanes of at least 4 members (excludes halogenated alkanes) is 3. The fourth-order valence-corrected chi connectivity index (χ4v) is 4.09. The van der Waals surface area contributed by atoms with Crippen LogP contribution in [-0.2, 0) is 31.1 Å². The summed E-state index contributed by atoms with van der Waals surface area (Å²) in [5, 5.41) is 11.3. The minimum absolute atomic E-state index is 0.0126. The molecule has 0 saturated heterocycles. The molecule has 0 atom stereocenters. The van der Waals surface area contributed by atoms with Crippen LogP contribution in [0, 0.1) is 0 Å². The highest BCUT2D eigenvalue weighted by molar-refractivity contribution is 5.58. The monoisotopic (exact) mass is 346 g/mol. The fraction of sp³-hybridized carbons (Fsp3) is 0.750. The second-order valence-corrected chi connectivity index (χ2v) is 8.55. The highest BCUT2D eigenvalue weighted by atomic mass is 16.3. The van der Waals surface area contributed by atoms with Crippen LogP contribution in [0.2, 0.25) is 0 Å². The summed E-state index contributed by atoms with van der Waals surface area (Å²) in [4.78, 5) is 0. The molecule has 144 valence electrons. The molecule has 25 heavy (non-hydrogen) atoms. The zero-order valence-corrected chi connectivity index (χ0v) is 18.0. The zero-order chi connectivity index (χ0) is 19.0. The third-order valence-electron chi connectivity index (χ3n) is 5.36. The van der Waals surface area contributed by atoms with E-state index in [0.717, 1.165) is 32.1 Å². The van der Waals surface area contributed by atoms with Gasteiger partial charge in [-0.05, 0) is 72.6 Å². The Balaban J connectivity index is 3.69. The highest BCUT2D eigenvalue weighted by Crippen LogP contribution is 2.42. The summed E-state index contributed by atoms with van der Waals surface area (Å²) in [6.07, 6.45) is 11.5. The van der Waals surface area contributed by atoms with E-state index < -0.39 is 0 Å². The first kappa shape index (κ1) is 22.1. The normalized spacial score (nSPS) is 12.0. The zero-order valence-electron chi connectivity index (χ0n) is 18.0. The summed E-state index contributed by atoms with van der Waals surface area (Å²) in [5.41, 5.74) is 6.97. The first-order chi connectivity index (χ1) is 11.8. The lowest BCUT2D eigenvalue weighted by Gasteiger charge is -2.31.